The molecule has 1 fully saturated rings. The molecule has 0 aromatic rings. The topological polar surface area (TPSA) is 46.2 Å². The number of aliphatic hydroxyl groups excluding tert-OH is 1. The molecular formula is C9H17NO. The second kappa shape index (κ2) is 3.37. The summed E-state index contributed by atoms with van der Waals surface area (Å²) in [5.41, 5.74) is 5.62. The van der Waals surface area contributed by atoms with Crippen LogP contribution in [0.15, 0.2) is 12.7 Å². The maximum atomic E-state index is 9.50. The minimum absolute atomic E-state index is 0.375. The molecule has 0 bridgehead atoms. The van der Waals surface area contributed by atoms with Crippen molar-refractivity contribution >= 4 is 0 Å². The fraction of sp³-hybridized carbons (Fsp3) is 0.778. The molecule has 0 aromatic carbocycles. The fourth-order valence-corrected chi connectivity index (χ4v) is 1.74. The monoisotopic (exact) mass is 155 g/mol. The van der Waals surface area contributed by atoms with Gasteiger partial charge < -0.3 is 10.8 Å². The van der Waals surface area contributed by atoms with Gasteiger partial charge in [-0.05, 0) is 12.8 Å². The molecule has 2 heteroatoms. The lowest BCUT2D eigenvalue weighted by molar-refractivity contribution is 0.0966. The third-order valence-electron chi connectivity index (χ3n) is 2.60. The van der Waals surface area contributed by atoms with Crippen molar-refractivity contribution in [2.45, 2.75) is 43.7 Å². The second-order valence-electron chi connectivity index (χ2n) is 3.47. The van der Waals surface area contributed by atoms with Crippen LogP contribution in [0.2, 0.25) is 0 Å². The average Bonchev–Trinajstić information content (AvgIpc) is 2.04. The first-order valence-electron chi connectivity index (χ1n) is 4.28. The van der Waals surface area contributed by atoms with Gasteiger partial charge in [-0.15, -0.1) is 6.58 Å². The molecule has 1 saturated carbocycles. The molecule has 0 aromatic heterocycles. The molecule has 0 radical (unpaired) electrons. The summed E-state index contributed by atoms with van der Waals surface area (Å²) < 4.78 is 0. The Morgan fingerprint density at radius 3 is 2.36 bits per heavy atom. The van der Waals surface area contributed by atoms with Crippen LogP contribution in [0.3, 0.4) is 0 Å². The van der Waals surface area contributed by atoms with E-state index in [1.807, 2.05) is 0 Å². The highest BCUT2D eigenvalue weighted by atomic mass is 16.3. The molecule has 1 rings (SSSR count). The summed E-state index contributed by atoms with van der Waals surface area (Å²) in [6, 6.07) is 0. The van der Waals surface area contributed by atoms with E-state index in [0.717, 1.165) is 25.7 Å². The smallest absolute Gasteiger partial charge is 0.0897 e. The van der Waals surface area contributed by atoms with Crippen LogP contribution in [0.1, 0.15) is 32.1 Å². The molecule has 0 saturated heterocycles. The highest BCUT2D eigenvalue weighted by Crippen LogP contribution is 2.28. The van der Waals surface area contributed by atoms with Gasteiger partial charge >= 0.3 is 0 Å². The lowest BCUT2D eigenvalue weighted by Gasteiger charge is -2.36. The first-order valence-corrected chi connectivity index (χ1v) is 4.28. The standard InChI is InChI=1S/C9H17NO/c1-2-8(11)9(10)6-4-3-5-7-9/h2,8,11H,1,3-7,10H2. The number of aliphatic hydroxyl groups is 1. The van der Waals surface area contributed by atoms with Gasteiger partial charge in [-0.25, -0.2) is 0 Å². The van der Waals surface area contributed by atoms with Gasteiger partial charge in [0.1, 0.15) is 0 Å². The van der Waals surface area contributed by atoms with E-state index in [1.54, 1.807) is 6.08 Å². The van der Waals surface area contributed by atoms with Crippen molar-refractivity contribution in [3.8, 4) is 0 Å². The number of rotatable bonds is 2. The zero-order valence-corrected chi connectivity index (χ0v) is 6.92. The summed E-state index contributed by atoms with van der Waals surface area (Å²) in [6.45, 7) is 3.55. The number of nitrogens with two attached hydrogens (primary N) is 1. The van der Waals surface area contributed by atoms with Crippen molar-refractivity contribution in [1.29, 1.82) is 0 Å². The Kier molecular flexibility index (Phi) is 2.68. The normalized spacial score (nSPS) is 26.0. The average molecular weight is 155 g/mol. The van der Waals surface area contributed by atoms with Gasteiger partial charge in [0.15, 0.2) is 0 Å². The zero-order chi connectivity index (χ0) is 8.32. The van der Waals surface area contributed by atoms with Gasteiger partial charge in [-0.2, -0.15) is 0 Å². The summed E-state index contributed by atoms with van der Waals surface area (Å²) in [6.07, 6.45) is 6.42. The van der Waals surface area contributed by atoms with Crippen molar-refractivity contribution in [2.24, 2.45) is 5.73 Å². The molecule has 2 nitrogen and oxygen atoms in total. The first-order chi connectivity index (χ1) is 5.19. The van der Waals surface area contributed by atoms with Crippen LogP contribution in [-0.4, -0.2) is 16.7 Å². The van der Waals surface area contributed by atoms with E-state index in [-0.39, 0.29) is 5.54 Å². The molecule has 1 aliphatic rings. The maximum absolute atomic E-state index is 9.50. The molecular weight excluding hydrogens is 138 g/mol. The predicted octanol–water partition coefficient (Wildman–Crippen LogP) is 1.19. The van der Waals surface area contributed by atoms with Gasteiger partial charge in [-0.1, -0.05) is 25.3 Å². The SMILES string of the molecule is C=CC(O)C1(N)CCCCC1. The van der Waals surface area contributed by atoms with Crippen molar-refractivity contribution < 1.29 is 5.11 Å². The van der Waals surface area contributed by atoms with E-state index in [1.165, 1.54) is 6.42 Å². The Balaban J connectivity index is 2.55. The quantitative estimate of drug-likeness (QED) is 0.588. The van der Waals surface area contributed by atoms with Gasteiger partial charge in [0.2, 0.25) is 0 Å². The van der Waals surface area contributed by atoms with Crippen LogP contribution in [0, 0.1) is 0 Å². The molecule has 3 N–H and O–H groups in total. The minimum Gasteiger partial charge on any atom is -0.387 e. The first kappa shape index (κ1) is 8.75. The zero-order valence-electron chi connectivity index (χ0n) is 6.92. The van der Waals surface area contributed by atoms with Gasteiger partial charge in [0.05, 0.1) is 6.10 Å². The Morgan fingerprint density at radius 2 is 1.91 bits per heavy atom. The molecule has 0 heterocycles. The fourth-order valence-electron chi connectivity index (χ4n) is 1.74. The van der Waals surface area contributed by atoms with Gasteiger partial charge in [-0.3, -0.25) is 0 Å². The largest absolute Gasteiger partial charge is 0.387 e. The molecule has 1 unspecified atom stereocenters. The molecule has 1 atom stereocenters. The van der Waals surface area contributed by atoms with Crippen LogP contribution in [0.5, 0.6) is 0 Å². The summed E-state index contributed by atoms with van der Waals surface area (Å²) in [5.74, 6) is 0. The van der Waals surface area contributed by atoms with Crippen molar-refractivity contribution in [1.82, 2.24) is 0 Å². The van der Waals surface area contributed by atoms with E-state index in [4.69, 9.17) is 5.73 Å². The van der Waals surface area contributed by atoms with Gasteiger partial charge in [0, 0.05) is 5.54 Å². The Bertz CT molecular complexity index is 138. The minimum atomic E-state index is -0.525. The van der Waals surface area contributed by atoms with E-state index in [9.17, 15) is 5.11 Å². The lowest BCUT2D eigenvalue weighted by Crippen LogP contribution is -2.51. The number of hydrogen-bond acceptors (Lipinski definition) is 2. The lowest BCUT2D eigenvalue weighted by atomic mass is 9.78. The molecule has 0 amide bonds. The highest BCUT2D eigenvalue weighted by molar-refractivity contribution is 5.01. The molecule has 1 aliphatic carbocycles. The summed E-state index contributed by atoms with van der Waals surface area (Å²) in [7, 11) is 0. The van der Waals surface area contributed by atoms with Gasteiger partial charge in [0.25, 0.3) is 0 Å². The Hall–Kier alpha value is -0.340. The van der Waals surface area contributed by atoms with E-state index < -0.39 is 6.10 Å². The number of hydrogen-bond donors (Lipinski definition) is 2. The Morgan fingerprint density at radius 1 is 1.36 bits per heavy atom. The van der Waals surface area contributed by atoms with E-state index >= 15 is 0 Å². The van der Waals surface area contributed by atoms with Crippen LogP contribution < -0.4 is 5.73 Å². The molecule has 0 spiro atoms. The van der Waals surface area contributed by atoms with Crippen molar-refractivity contribution in [2.75, 3.05) is 0 Å². The summed E-state index contributed by atoms with van der Waals surface area (Å²) in [4.78, 5) is 0. The van der Waals surface area contributed by atoms with Crippen LogP contribution in [0.4, 0.5) is 0 Å². The van der Waals surface area contributed by atoms with Crippen molar-refractivity contribution in [3.63, 3.8) is 0 Å². The molecule has 64 valence electrons. The van der Waals surface area contributed by atoms with E-state index in [0.29, 0.717) is 0 Å². The summed E-state index contributed by atoms with van der Waals surface area (Å²) >= 11 is 0. The summed E-state index contributed by atoms with van der Waals surface area (Å²) in [5, 5.41) is 9.50. The second-order valence-corrected chi connectivity index (χ2v) is 3.47. The Labute approximate surface area is 68.1 Å². The van der Waals surface area contributed by atoms with Crippen LogP contribution in [0.25, 0.3) is 0 Å². The maximum Gasteiger partial charge on any atom is 0.0897 e. The highest BCUT2D eigenvalue weighted by Gasteiger charge is 2.32. The van der Waals surface area contributed by atoms with Crippen LogP contribution >= 0.6 is 0 Å². The van der Waals surface area contributed by atoms with Crippen LogP contribution in [-0.2, 0) is 0 Å². The predicted molar refractivity (Wildman–Crippen MR) is 46.2 cm³/mol. The molecule has 11 heavy (non-hydrogen) atoms. The van der Waals surface area contributed by atoms with E-state index in [2.05, 4.69) is 6.58 Å². The molecule has 0 aliphatic heterocycles. The third-order valence-corrected chi connectivity index (χ3v) is 2.60. The van der Waals surface area contributed by atoms with Crippen molar-refractivity contribution in [3.05, 3.63) is 12.7 Å². The third kappa shape index (κ3) is 1.82.